The number of carbonyl (C=O) groups is 1. The monoisotopic (exact) mass is 602 g/mol. The molecular formula is C28H45AsClFN2O4. The molecule has 0 spiro atoms. The summed E-state index contributed by atoms with van der Waals surface area (Å²) in [6, 6.07) is 4.86. The average Bonchev–Trinajstić information content (AvgIpc) is 2.89. The Morgan fingerprint density at radius 2 is 2.05 bits per heavy atom. The van der Waals surface area contributed by atoms with Crippen molar-refractivity contribution in [2.45, 2.75) is 92.9 Å². The summed E-state index contributed by atoms with van der Waals surface area (Å²) in [5.41, 5.74) is 1.06. The molecule has 2 fully saturated rings. The Balaban J connectivity index is 1.70. The Kier molecular flexibility index (Phi) is 12.5. The predicted octanol–water partition coefficient (Wildman–Crippen LogP) is 5.12. The molecule has 3 N–H and O–H groups in total. The van der Waals surface area contributed by atoms with Crippen molar-refractivity contribution in [3.63, 3.8) is 0 Å². The molecule has 3 rings (SSSR count). The molecule has 1 saturated heterocycles. The fourth-order valence-corrected chi connectivity index (χ4v) is 7.85. The van der Waals surface area contributed by atoms with Crippen LogP contribution in [0.25, 0.3) is 0 Å². The molecule has 0 bridgehead atoms. The molecule has 1 aliphatic carbocycles. The van der Waals surface area contributed by atoms with E-state index in [9.17, 15) is 15.0 Å². The molecule has 1 heterocycles. The van der Waals surface area contributed by atoms with Crippen LogP contribution in [-0.4, -0.2) is 75.8 Å². The Morgan fingerprint density at radius 3 is 2.76 bits per heavy atom. The topological polar surface area (TPSA) is 82.0 Å². The van der Waals surface area contributed by atoms with Crippen molar-refractivity contribution in [3.05, 3.63) is 34.6 Å². The molecule has 1 aliphatic heterocycles. The molecule has 1 saturated carbocycles. The number of halogens is 2. The second-order valence-electron chi connectivity index (χ2n) is 10.9. The third-order valence-electron chi connectivity index (χ3n) is 8.17. The second-order valence-corrected chi connectivity index (χ2v) is 13.6. The van der Waals surface area contributed by atoms with E-state index in [1.54, 1.807) is 19.2 Å². The van der Waals surface area contributed by atoms with Gasteiger partial charge >= 0.3 is 222 Å². The number of nitrogens with one attached hydrogen (secondary N) is 1. The standard InChI is InChI=1S/C28H45AsClFN2O4/c1-29-18-22(17-20-10-12-23(34)13-11-20)32-27(35)33-15-6-7-21(19-33)28(36,14-3-4-16-37-2)24-8-5-9-25(30)26(24)31/h5,8-9,20-23,29,34,36H,3-4,6-7,10-19H2,1-2H3,(H,32,35)/t20?,21-,22+,23?,28+/m1/s1. The molecule has 1 aromatic carbocycles. The summed E-state index contributed by atoms with van der Waals surface area (Å²) in [5, 5.41) is 26.2. The van der Waals surface area contributed by atoms with Crippen LogP contribution >= 0.6 is 11.6 Å². The van der Waals surface area contributed by atoms with Crippen LogP contribution in [0.15, 0.2) is 18.2 Å². The van der Waals surface area contributed by atoms with Gasteiger partial charge in [-0.25, -0.2) is 0 Å². The van der Waals surface area contributed by atoms with Gasteiger partial charge in [0.1, 0.15) is 0 Å². The van der Waals surface area contributed by atoms with Crippen molar-refractivity contribution in [2.24, 2.45) is 11.8 Å². The minimum atomic E-state index is -1.42. The van der Waals surface area contributed by atoms with Gasteiger partial charge in [-0.05, 0) is 0 Å². The van der Waals surface area contributed by atoms with Gasteiger partial charge in [0.2, 0.25) is 0 Å². The van der Waals surface area contributed by atoms with E-state index >= 15 is 4.39 Å². The van der Waals surface area contributed by atoms with Gasteiger partial charge in [-0.2, -0.15) is 0 Å². The van der Waals surface area contributed by atoms with E-state index in [0.29, 0.717) is 44.9 Å². The van der Waals surface area contributed by atoms with Crippen LogP contribution in [-0.2, 0) is 10.3 Å². The van der Waals surface area contributed by atoms with Gasteiger partial charge in [0.25, 0.3) is 0 Å². The molecule has 0 radical (unpaired) electrons. The molecule has 2 aliphatic rings. The van der Waals surface area contributed by atoms with Crippen molar-refractivity contribution < 1.29 is 24.1 Å². The van der Waals surface area contributed by atoms with E-state index in [1.165, 1.54) is 6.07 Å². The number of nitrogens with zero attached hydrogens (tertiary/aromatic N) is 1. The zero-order valence-corrected chi connectivity index (χ0v) is 25.2. The van der Waals surface area contributed by atoms with Crippen LogP contribution < -0.4 is 5.32 Å². The van der Waals surface area contributed by atoms with Crippen molar-refractivity contribution in [1.82, 2.24) is 10.2 Å². The van der Waals surface area contributed by atoms with Gasteiger partial charge in [-0.1, -0.05) is 0 Å². The number of carbonyl (C=O) groups excluding carboxylic acids is 1. The van der Waals surface area contributed by atoms with Gasteiger partial charge in [-0.15, -0.1) is 0 Å². The van der Waals surface area contributed by atoms with E-state index in [-0.39, 0.29) is 50.4 Å². The van der Waals surface area contributed by atoms with E-state index in [2.05, 4.69) is 11.0 Å². The van der Waals surface area contributed by atoms with Crippen molar-refractivity contribution in [2.75, 3.05) is 26.8 Å². The second kappa shape index (κ2) is 15.1. The molecular weight excluding hydrogens is 558 g/mol. The van der Waals surface area contributed by atoms with Crippen LogP contribution in [0.2, 0.25) is 15.9 Å². The number of methoxy groups -OCH3 is 1. The number of hydrogen-bond donors (Lipinski definition) is 3. The van der Waals surface area contributed by atoms with Crippen LogP contribution in [0.3, 0.4) is 0 Å². The fraction of sp³-hybridized carbons (Fsp3) is 0.750. The predicted molar refractivity (Wildman–Crippen MR) is 148 cm³/mol. The SMILES string of the molecule is COCCCC[C@@](O)(c1cccc(Cl)c1F)[C@@H]1CCCN(C(=O)N[C@H](C[AsH]C)CC2CCC(O)CC2)C1. The molecule has 1 aromatic rings. The summed E-state index contributed by atoms with van der Waals surface area (Å²) in [4.78, 5) is 15.2. The summed E-state index contributed by atoms with van der Waals surface area (Å²) in [6.07, 6.45) is 7.82. The summed E-state index contributed by atoms with van der Waals surface area (Å²) < 4.78 is 20.3. The molecule has 0 aromatic heterocycles. The Hall–Kier alpha value is -0.852. The zero-order valence-electron chi connectivity index (χ0n) is 22.4. The number of urea groups is 1. The third-order valence-corrected chi connectivity index (χ3v) is 10.4. The van der Waals surface area contributed by atoms with Gasteiger partial charge in [0.05, 0.1) is 0 Å². The summed E-state index contributed by atoms with van der Waals surface area (Å²) >= 11 is 5.99. The van der Waals surface area contributed by atoms with E-state index in [1.807, 2.05) is 4.90 Å². The number of aliphatic hydroxyl groups excluding tert-OH is 1. The summed E-state index contributed by atoms with van der Waals surface area (Å²) in [5.74, 6) is -0.325. The van der Waals surface area contributed by atoms with Crippen LogP contribution in [0.4, 0.5) is 9.18 Å². The molecule has 37 heavy (non-hydrogen) atoms. The quantitative estimate of drug-likeness (QED) is 0.229. The van der Waals surface area contributed by atoms with Crippen LogP contribution in [0, 0.1) is 17.7 Å². The van der Waals surface area contributed by atoms with Gasteiger partial charge < -0.3 is 4.74 Å². The number of piperidine rings is 1. The van der Waals surface area contributed by atoms with Gasteiger partial charge in [0.15, 0.2) is 0 Å². The molecule has 4 atom stereocenters. The number of ether oxygens (including phenoxy) is 1. The number of likely N-dealkylation sites (tertiary alicyclic amines) is 1. The van der Waals surface area contributed by atoms with Crippen molar-refractivity contribution >= 4 is 33.4 Å². The number of amides is 2. The first-order valence-corrected chi connectivity index (χ1v) is 17.8. The van der Waals surface area contributed by atoms with Crippen molar-refractivity contribution in [3.8, 4) is 0 Å². The first-order chi connectivity index (χ1) is 17.8. The third kappa shape index (κ3) is 8.57. The number of unbranched alkanes of at least 4 members (excludes halogenated alkanes) is 1. The molecule has 1 unspecified atom stereocenters. The molecule has 2 amide bonds. The minimum absolute atomic E-state index is 0.000357. The maximum absolute atomic E-state index is 15.2. The summed E-state index contributed by atoms with van der Waals surface area (Å²) in [6.45, 7) is 1.59. The number of benzene rings is 1. The van der Waals surface area contributed by atoms with Crippen LogP contribution in [0.1, 0.15) is 69.8 Å². The Morgan fingerprint density at radius 1 is 1.30 bits per heavy atom. The molecule has 210 valence electrons. The first-order valence-electron chi connectivity index (χ1n) is 13.8. The van der Waals surface area contributed by atoms with Gasteiger partial charge in [-0.3, -0.25) is 0 Å². The molecule has 6 nitrogen and oxygen atoms in total. The Labute approximate surface area is 233 Å². The van der Waals surface area contributed by atoms with E-state index in [4.69, 9.17) is 16.3 Å². The van der Waals surface area contributed by atoms with Crippen LogP contribution in [0.5, 0.6) is 0 Å². The van der Waals surface area contributed by atoms with Gasteiger partial charge in [0, 0.05) is 7.11 Å². The Bertz CT molecular complexity index is 857. The number of hydrogen-bond acceptors (Lipinski definition) is 4. The fourth-order valence-electron chi connectivity index (χ4n) is 6.08. The van der Waals surface area contributed by atoms with E-state index in [0.717, 1.165) is 50.2 Å². The summed E-state index contributed by atoms with van der Waals surface area (Å²) in [7, 11) is 1.64. The normalized spacial score (nSPS) is 25.2. The molecule has 9 heteroatoms. The zero-order chi connectivity index (χ0) is 26.8. The van der Waals surface area contributed by atoms with Crippen molar-refractivity contribution in [1.29, 1.82) is 0 Å². The first kappa shape index (κ1) is 30.7. The average molecular weight is 603 g/mol. The number of rotatable bonds is 12. The maximum atomic E-state index is 15.2. The number of aliphatic hydroxyl groups is 2. The van der Waals surface area contributed by atoms with E-state index < -0.39 is 11.4 Å².